The highest BCUT2D eigenvalue weighted by molar-refractivity contribution is 5.90. The molecule has 1 rings (SSSR count). The van der Waals surface area contributed by atoms with E-state index in [1.54, 1.807) is 0 Å². The van der Waals surface area contributed by atoms with E-state index in [1.165, 1.54) is 0 Å². The molecular formula is C10H18N4O3. The van der Waals surface area contributed by atoms with E-state index in [-0.39, 0.29) is 18.3 Å². The van der Waals surface area contributed by atoms with Crippen molar-refractivity contribution in [1.29, 1.82) is 0 Å². The zero-order valence-electron chi connectivity index (χ0n) is 9.99. The van der Waals surface area contributed by atoms with Crippen LogP contribution in [0, 0.1) is 5.92 Å². The number of aromatic amines is 2. The Hall–Kier alpha value is -1.63. The van der Waals surface area contributed by atoms with Crippen LogP contribution in [-0.2, 0) is 0 Å². The highest BCUT2D eigenvalue weighted by Crippen LogP contribution is 2.12. The van der Waals surface area contributed by atoms with E-state index in [0.717, 1.165) is 12.8 Å². The Morgan fingerprint density at radius 3 is 2.59 bits per heavy atom. The minimum Gasteiger partial charge on any atom is -0.391 e. The predicted molar refractivity (Wildman–Crippen MR) is 61.6 cm³/mol. The first-order chi connectivity index (χ1) is 8.08. The van der Waals surface area contributed by atoms with Gasteiger partial charge < -0.3 is 10.4 Å². The molecule has 0 saturated heterocycles. The fraction of sp³-hybridized carbons (Fsp3) is 0.700. The van der Waals surface area contributed by atoms with Gasteiger partial charge in [-0.2, -0.15) is 0 Å². The van der Waals surface area contributed by atoms with Gasteiger partial charge in [0.1, 0.15) is 0 Å². The lowest BCUT2D eigenvalue weighted by Crippen LogP contribution is -2.36. The summed E-state index contributed by atoms with van der Waals surface area (Å²) in [4.78, 5) is 24.5. The molecule has 96 valence electrons. The van der Waals surface area contributed by atoms with Gasteiger partial charge in [-0.1, -0.05) is 26.7 Å². The van der Waals surface area contributed by atoms with E-state index in [0.29, 0.717) is 0 Å². The van der Waals surface area contributed by atoms with E-state index in [1.807, 2.05) is 13.8 Å². The molecule has 1 aromatic rings. The summed E-state index contributed by atoms with van der Waals surface area (Å²) in [6, 6.07) is 0. The second-order valence-corrected chi connectivity index (χ2v) is 3.88. The average molecular weight is 242 g/mol. The number of carbonyl (C=O) groups is 1. The summed E-state index contributed by atoms with van der Waals surface area (Å²) in [5, 5.41) is 17.9. The summed E-state index contributed by atoms with van der Waals surface area (Å²) in [5.74, 6) is -0.423. The molecule has 4 N–H and O–H groups in total. The number of hydrogen-bond donors (Lipinski definition) is 4. The Morgan fingerprint density at radius 2 is 2.12 bits per heavy atom. The molecule has 0 spiro atoms. The minimum absolute atomic E-state index is 0.0771. The molecule has 0 bridgehead atoms. The molecule has 0 aliphatic heterocycles. The lowest BCUT2D eigenvalue weighted by atomic mass is 9.96. The molecule has 7 nitrogen and oxygen atoms in total. The molecule has 0 saturated carbocycles. The van der Waals surface area contributed by atoms with Gasteiger partial charge in [0.15, 0.2) is 0 Å². The second kappa shape index (κ2) is 6.19. The van der Waals surface area contributed by atoms with Crippen molar-refractivity contribution in [3.05, 3.63) is 16.3 Å². The van der Waals surface area contributed by atoms with Crippen LogP contribution in [0.1, 0.15) is 37.3 Å². The summed E-state index contributed by atoms with van der Waals surface area (Å²) < 4.78 is 0. The van der Waals surface area contributed by atoms with Crippen molar-refractivity contribution in [2.24, 2.45) is 5.92 Å². The van der Waals surface area contributed by atoms with Gasteiger partial charge in [-0.15, -0.1) is 5.10 Å². The number of aliphatic hydroxyl groups is 1. The average Bonchev–Trinajstić information content (AvgIpc) is 2.74. The number of aliphatic hydroxyl groups excluding tert-OH is 1. The van der Waals surface area contributed by atoms with Crippen LogP contribution in [0.2, 0.25) is 0 Å². The normalized spacial score (nSPS) is 12.7. The molecular weight excluding hydrogens is 224 g/mol. The van der Waals surface area contributed by atoms with Crippen molar-refractivity contribution < 1.29 is 9.90 Å². The van der Waals surface area contributed by atoms with Gasteiger partial charge in [-0.05, 0) is 5.92 Å². The number of carbonyl (C=O) groups excluding carboxylic acids is 1. The maximum Gasteiger partial charge on any atom is 0.341 e. The van der Waals surface area contributed by atoms with E-state index < -0.39 is 17.7 Å². The van der Waals surface area contributed by atoms with Gasteiger partial charge in [0.05, 0.1) is 6.10 Å². The monoisotopic (exact) mass is 242 g/mol. The Kier molecular flexibility index (Phi) is 4.89. The first kappa shape index (κ1) is 13.4. The summed E-state index contributed by atoms with van der Waals surface area (Å²) in [5.41, 5.74) is -0.532. The van der Waals surface area contributed by atoms with Gasteiger partial charge in [0, 0.05) is 6.54 Å². The largest absolute Gasteiger partial charge is 0.391 e. The SMILES string of the molecule is CCC(CC)C(O)CNC(=O)c1n[nH]c(=O)[nH]1. The van der Waals surface area contributed by atoms with E-state index in [4.69, 9.17) is 0 Å². The van der Waals surface area contributed by atoms with E-state index in [9.17, 15) is 14.7 Å². The number of nitrogens with one attached hydrogen (secondary N) is 3. The van der Waals surface area contributed by atoms with Crippen molar-refractivity contribution in [2.45, 2.75) is 32.8 Å². The summed E-state index contributed by atoms with van der Waals surface area (Å²) in [6.45, 7) is 4.13. The maximum atomic E-state index is 11.5. The fourth-order valence-corrected chi connectivity index (χ4v) is 1.66. The Balaban J connectivity index is 2.45. The lowest BCUT2D eigenvalue weighted by Gasteiger charge is -2.19. The van der Waals surface area contributed by atoms with Crippen LogP contribution >= 0.6 is 0 Å². The Morgan fingerprint density at radius 1 is 1.47 bits per heavy atom. The van der Waals surface area contributed by atoms with Crippen LogP contribution in [0.25, 0.3) is 0 Å². The number of hydrogen-bond acceptors (Lipinski definition) is 4. The van der Waals surface area contributed by atoms with Crippen LogP contribution in [0.15, 0.2) is 4.79 Å². The maximum absolute atomic E-state index is 11.5. The predicted octanol–water partition coefficient (Wildman–Crippen LogP) is -0.375. The molecule has 0 aliphatic carbocycles. The summed E-state index contributed by atoms with van der Waals surface area (Å²) >= 11 is 0. The molecule has 1 heterocycles. The minimum atomic E-state index is -0.584. The highest BCUT2D eigenvalue weighted by atomic mass is 16.3. The van der Waals surface area contributed by atoms with Crippen LogP contribution in [0.3, 0.4) is 0 Å². The standard InChI is InChI=1S/C10H18N4O3/c1-3-6(4-2)7(15)5-11-9(16)8-12-10(17)14-13-8/h6-7,15H,3-5H2,1-2H3,(H,11,16)(H2,12,13,14,17). The molecule has 0 radical (unpaired) electrons. The van der Waals surface area contributed by atoms with Crippen LogP contribution in [-0.4, -0.2) is 38.8 Å². The Bertz CT molecular complexity index is 408. The quantitative estimate of drug-likeness (QED) is 0.545. The first-order valence-corrected chi connectivity index (χ1v) is 5.69. The third-order valence-electron chi connectivity index (χ3n) is 2.78. The molecule has 1 atom stereocenters. The zero-order chi connectivity index (χ0) is 12.8. The summed E-state index contributed by atoms with van der Waals surface area (Å²) in [7, 11) is 0. The molecule has 7 heteroatoms. The number of nitrogens with zero attached hydrogens (tertiary/aromatic N) is 1. The number of H-pyrrole nitrogens is 2. The molecule has 0 fully saturated rings. The van der Waals surface area contributed by atoms with Crippen molar-refractivity contribution in [1.82, 2.24) is 20.5 Å². The number of rotatable bonds is 6. The van der Waals surface area contributed by atoms with Crippen LogP contribution in [0.4, 0.5) is 0 Å². The van der Waals surface area contributed by atoms with Crippen molar-refractivity contribution in [2.75, 3.05) is 6.54 Å². The van der Waals surface area contributed by atoms with Crippen LogP contribution in [0.5, 0.6) is 0 Å². The molecule has 1 unspecified atom stereocenters. The van der Waals surface area contributed by atoms with Crippen molar-refractivity contribution >= 4 is 5.91 Å². The molecule has 0 aromatic carbocycles. The van der Waals surface area contributed by atoms with Crippen LogP contribution < -0.4 is 11.0 Å². The van der Waals surface area contributed by atoms with Crippen molar-refractivity contribution in [3.63, 3.8) is 0 Å². The first-order valence-electron chi connectivity index (χ1n) is 5.69. The highest BCUT2D eigenvalue weighted by Gasteiger charge is 2.17. The number of aromatic nitrogens is 3. The topological polar surface area (TPSA) is 111 Å². The molecule has 1 aromatic heterocycles. The zero-order valence-corrected chi connectivity index (χ0v) is 9.99. The smallest absolute Gasteiger partial charge is 0.341 e. The Labute approximate surface area is 98.6 Å². The van der Waals surface area contributed by atoms with Gasteiger partial charge in [0.25, 0.3) is 5.91 Å². The van der Waals surface area contributed by atoms with E-state index in [2.05, 4.69) is 20.5 Å². The summed E-state index contributed by atoms with van der Waals surface area (Å²) in [6.07, 6.45) is 1.12. The van der Waals surface area contributed by atoms with Crippen molar-refractivity contribution in [3.8, 4) is 0 Å². The van der Waals surface area contributed by atoms with E-state index >= 15 is 0 Å². The molecule has 1 amide bonds. The second-order valence-electron chi connectivity index (χ2n) is 3.88. The third kappa shape index (κ3) is 3.70. The van der Waals surface area contributed by atoms with Gasteiger partial charge in [-0.25, -0.2) is 9.89 Å². The molecule has 0 aliphatic rings. The fourth-order valence-electron chi connectivity index (χ4n) is 1.66. The van der Waals surface area contributed by atoms with Gasteiger partial charge in [-0.3, -0.25) is 9.78 Å². The van der Waals surface area contributed by atoms with Gasteiger partial charge >= 0.3 is 5.69 Å². The van der Waals surface area contributed by atoms with Gasteiger partial charge in [0.2, 0.25) is 5.82 Å². The lowest BCUT2D eigenvalue weighted by molar-refractivity contribution is 0.0809. The number of amides is 1. The third-order valence-corrected chi connectivity index (χ3v) is 2.78. The molecule has 17 heavy (non-hydrogen) atoms.